The molecule has 2 aromatic heterocycles. The number of nitrogens with two attached hydrogens (primary N) is 1. The van der Waals surface area contributed by atoms with Crippen molar-refractivity contribution in [3.05, 3.63) is 34.7 Å². The number of ether oxygens (including phenoxy) is 1. The van der Waals surface area contributed by atoms with Gasteiger partial charge in [0.25, 0.3) is 0 Å². The number of piperazine rings is 1. The SMILES string of the molecule is CC(C)(C)OC(=O)N1CCN(C(N)=NCc2cn3cc(Br)ccc3n2)CC1. The molecule has 9 heteroatoms. The molecule has 1 aliphatic heterocycles. The second-order valence-corrected chi connectivity index (χ2v) is 8.39. The summed E-state index contributed by atoms with van der Waals surface area (Å²) in [4.78, 5) is 24.8. The molecule has 0 spiro atoms. The summed E-state index contributed by atoms with van der Waals surface area (Å²) in [5.41, 5.74) is 7.37. The van der Waals surface area contributed by atoms with Gasteiger partial charge in [0, 0.05) is 43.0 Å². The van der Waals surface area contributed by atoms with Crippen molar-refractivity contribution in [2.45, 2.75) is 32.9 Å². The molecule has 0 bridgehead atoms. The number of hydrogen-bond donors (Lipinski definition) is 1. The molecule has 0 radical (unpaired) electrons. The number of imidazole rings is 1. The lowest BCUT2D eigenvalue weighted by atomic mass is 10.2. The van der Waals surface area contributed by atoms with Gasteiger partial charge in [-0.2, -0.15) is 0 Å². The Morgan fingerprint density at radius 3 is 2.56 bits per heavy atom. The molecule has 3 rings (SSSR count). The third kappa shape index (κ3) is 5.12. The highest BCUT2D eigenvalue weighted by Crippen LogP contribution is 2.14. The van der Waals surface area contributed by atoms with Gasteiger partial charge in [-0.05, 0) is 48.8 Å². The maximum absolute atomic E-state index is 12.1. The number of rotatable bonds is 2. The molecule has 146 valence electrons. The molecule has 0 atom stereocenters. The lowest BCUT2D eigenvalue weighted by Gasteiger charge is -2.36. The molecular formula is C18H25BrN6O2. The fourth-order valence-corrected chi connectivity index (χ4v) is 3.15. The van der Waals surface area contributed by atoms with Crippen LogP contribution in [0.3, 0.4) is 0 Å². The van der Waals surface area contributed by atoms with E-state index in [1.807, 2.05) is 54.6 Å². The minimum Gasteiger partial charge on any atom is -0.444 e. The molecule has 0 unspecified atom stereocenters. The number of hydrogen-bond acceptors (Lipinski definition) is 4. The van der Waals surface area contributed by atoms with Crippen LogP contribution >= 0.6 is 15.9 Å². The Kier molecular flexibility index (Phi) is 5.59. The average molecular weight is 437 g/mol. The molecule has 1 saturated heterocycles. The number of aromatic nitrogens is 2. The van der Waals surface area contributed by atoms with E-state index < -0.39 is 5.60 Å². The van der Waals surface area contributed by atoms with E-state index in [9.17, 15) is 4.79 Å². The number of fused-ring (bicyclic) bond motifs is 1. The van der Waals surface area contributed by atoms with Crippen LogP contribution in [-0.2, 0) is 11.3 Å². The summed E-state index contributed by atoms with van der Waals surface area (Å²) in [6, 6.07) is 3.89. The highest BCUT2D eigenvalue weighted by atomic mass is 79.9. The summed E-state index contributed by atoms with van der Waals surface area (Å²) >= 11 is 3.45. The summed E-state index contributed by atoms with van der Waals surface area (Å²) in [6.07, 6.45) is 3.61. The zero-order valence-electron chi connectivity index (χ0n) is 15.9. The lowest BCUT2D eigenvalue weighted by molar-refractivity contribution is 0.0186. The molecular weight excluding hydrogens is 412 g/mol. The third-order valence-corrected chi connectivity index (χ3v) is 4.59. The number of pyridine rings is 1. The minimum atomic E-state index is -0.488. The van der Waals surface area contributed by atoms with Gasteiger partial charge in [0.1, 0.15) is 11.2 Å². The normalized spacial score (nSPS) is 16.1. The van der Waals surface area contributed by atoms with Crippen molar-refractivity contribution in [3.8, 4) is 0 Å². The van der Waals surface area contributed by atoms with Crippen LogP contribution in [0.15, 0.2) is 34.0 Å². The highest BCUT2D eigenvalue weighted by molar-refractivity contribution is 9.10. The smallest absolute Gasteiger partial charge is 0.410 e. The van der Waals surface area contributed by atoms with E-state index in [-0.39, 0.29) is 6.09 Å². The first-order valence-electron chi connectivity index (χ1n) is 8.87. The van der Waals surface area contributed by atoms with Crippen LogP contribution in [0.4, 0.5) is 4.79 Å². The first-order valence-corrected chi connectivity index (χ1v) is 9.66. The van der Waals surface area contributed by atoms with Crippen molar-refractivity contribution in [1.82, 2.24) is 19.2 Å². The number of aliphatic imine (C=N–C) groups is 1. The standard InChI is InChI=1S/C18H25BrN6O2/c1-18(2,3)27-17(26)24-8-6-23(7-9-24)16(20)21-10-14-12-25-11-13(19)4-5-15(25)22-14/h4-5,11-12H,6-10H2,1-3H3,(H2,20,21). The first kappa shape index (κ1) is 19.5. The van der Waals surface area contributed by atoms with Gasteiger partial charge in [0.15, 0.2) is 5.96 Å². The van der Waals surface area contributed by atoms with Crippen LogP contribution in [0, 0.1) is 0 Å². The maximum Gasteiger partial charge on any atom is 0.410 e. The van der Waals surface area contributed by atoms with Gasteiger partial charge in [-0.15, -0.1) is 0 Å². The van der Waals surface area contributed by atoms with Crippen LogP contribution in [0.5, 0.6) is 0 Å². The molecule has 8 nitrogen and oxygen atoms in total. The van der Waals surface area contributed by atoms with E-state index in [1.54, 1.807) is 4.90 Å². The summed E-state index contributed by atoms with van der Waals surface area (Å²) in [5.74, 6) is 0.470. The van der Waals surface area contributed by atoms with Crippen molar-refractivity contribution in [2.75, 3.05) is 26.2 Å². The van der Waals surface area contributed by atoms with Crippen molar-refractivity contribution in [2.24, 2.45) is 10.7 Å². The van der Waals surface area contributed by atoms with E-state index in [1.165, 1.54) is 0 Å². The molecule has 0 aromatic carbocycles. The van der Waals surface area contributed by atoms with Crippen LogP contribution in [0.1, 0.15) is 26.5 Å². The Morgan fingerprint density at radius 1 is 1.22 bits per heavy atom. The molecule has 1 fully saturated rings. The van der Waals surface area contributed by atoms with Crippen molar-refractivity contribution >= 4 is 33.6 Å². The van der Waals surface area contributed by atoms with Gasteiger partial charge < -0.3 is 24.7 Å². The Labute approximate surface area is 167 Å². The summed E-state index contributed by atoms with van der Waals surface area (Å²) in [6.45, 7) is 8.40. The summed E-state index contributed by atoms with van der Waals surface area (Å²) in [5, 5.41) is 0. The molecule has 2 aromatic rings. The number of amides is 1. The van der Waals surface area contributed by atoms with Crippen LogP contribution in [0.25, 0.3) is 5.65 Å². The second-order valence-electron chi connectivity index (χ2n) is 7.47. The highest BCUT2D eigenvalue weighted by Gasteiger charge is 2.26. The fraction of sp³-hybridized carbons (Fsp3) is 0.500. The quantitative estimate of drug-likeness (QED) is 0.576. The molecule has 0 saturated carbocycles. The molecule has 27 heavy (non-hydrogen) atoms. The van der Waals surface area contributed by atoms with Gasteiger partial charge in [0.2, 0.25) is 0 Å². The van der Waals surface area contributed by atoms with E-state index in [0.29, 0.717) is 38.7 Å². The second kappa shape index (κ2) is 7.75. The van der Waals surface area contributed by atoms with Gasteiger partial charge >= 0.3 is 6.09 Å². The summed E-state index contributed by atoms with van der Waals surface area (Å²) < 4.78 is 8.35. The largest absolute Gasteiger partial charge is 0.444 e. The van der Waals surface area contributed by atoms with E-state index in [4.69, 9.17) is 10.5 Å². The first-order chi connectivity index (χ1) is 12.7. The maximum atomic E-state index is 12.1. The number of carbonyl (C=O) groups excluding carboxylic acids is 1. The monoisotopic (exact) mass is 436 g/mol. The van der Waals surface area contributed by atoms with E-state index in [2.05, 4.69) is 25.9 Å². The lowest BCUT2D eigenvalue weighted by Crippen LogP contribution is -2.53. The number of halogens is 1. The average Bonchev–Trinajstić information content (AvgIpc) is 3.00. The van der Waals surface area contributed by atoms with Gasteiger partial charge in [-0.25, -0.2) is 14.8 Å². The Hall–Kier alpha value is -2.29. The third-order valence-electron chi connectivity index (χ3n) is 4.12. The molecule has 3 heterocycles. The van der Waals surface area contributed by atoms with Crippen molar-refractivity contribution in [1.29, 1.82) is 0 Å². The Bertz CT molecular complexity index is 849. The predicted octanol–water partition coefficient (Wildman–Crippen LogP) is 2.46. The Morgan fingerprint density at radius 2 is 1.89 bits per heavy atom. The van der Waals surface area contributed by atoms with Gasteiger partial charge in [-0.1, -0.05) is 0 Å². The van der Waals surface area contributed by atoms with Crippen LogP contribution in [-0.4, -0.2) is 63.0 Å². The minimum absolute atomic E-state index is 0.284. The molecule has 2 N–H and O–H groups in total. The van der Waals surface area contributed by atoms with Crippen molar-refractivity contribution < 1.29 is 9.53 Å². The topological polar surface area (TPSA) is 88.5 Å². The zero-order chi connectivity index (χ0) is 19.6. The van der Waals surface area contributed by atoms with Crippen LogP contribution in [0.2, 0.25) is 0 Å². The predicted molar refractivity (Wildman–Crippen MR) is 108 cm³/mol. The van der Waals surface area contributed by atoms with E-state index in [0.717, 1.165) is 15.8 Å². The van der Waals surface area contributed by atoms with Crippen LogP contribution < -0.4 is 5.73 Å². The number of guanidine groups is 1. The fourth-order valence-electron chi connectivity index (χ4n) is 2.80. The number of nitrogens with zero attached hydrogens (tertiary/aromatic N) is 5. The van der Waals surface area contributed by atoms with E-state index >= 15 is 0 Å². The Balaban J connectivity index is 1.55. The zero-order valence-corrected chi connectivity index (χ0v) is 17.4. The van der Waals surface area contributed by atoms with Gasteiger partial charge in [-0.3, -0.25) is 0 Å². The molecule has 0 aliphatic carbocycles. The summed E-state index contributed by atoms with van der Waals surface area (Å²) in [7, 11) is 0. The van der Waals surface area contributed by atoms with Crippen molar-refractivity contribution in [3.63, 3.8) is 0 Å². The molecule has 1 aliphatic rings. The van der Waals surface area contributed by atoms with Gasteiger partial charge in [0.05, 0.1) is 12.2 Å². The number of carbonyl (C=O) groups is 1. The molecule has 1 amide bonds.